The minimum absolute atomic E-state index is 0.146. The van der Waals surface area contributed by atoms with Crippen LogP contribution >= 0.6 is 0 Å². The molecule has 0 saturated carbocycles. The average molecular weight is 371 g/mol. The molecule has 27 heavy (non-hydrogen) atoms. The summed E-state index contributed by atoms with van der Waals surface area (Å²) in [6.07, 6.45) is 1.47. The maximum Gasteiger partial charge on any atom is 0.256 e. The number of fused-ring (bicyclic) bond motifs is 1. The minimum atomic E-state index is -0.424. The van der Waals surface area contributed by atoms with Crippen LogP contribution in [-0.4, -0.2) is 54.4 Å². The average Bonchev–Trinajstić information content (AvgIpc) is 2.65. The van der Waals surface area contributed by atoms with E-state index in [0.717, 1.165) is 42.4 Å². The highest BCUT2D eigenvalue weighted by atomic mass is 16.3. The lowest BCUT2D eigenvalue weighted by Crippen LogP contribution is -2.45. The number of benzene rings is 1. The number of aliphatic hydroxyl groups excluding tert-OH is 1. The number of rotatable bonds is 6. The van der Waals surface area contributed by atoms with E-state index in [1.54, 1.807) is 6.92 Å². The zero-order valence-electron chi connectivity index (χ0n) is 16.0. The number of carbonyl (C=O) groups excluding carboxylic acids is 1. The summed E-state index contributed by atoms with van der Waals surface area (Å²) in [5.74, 6) is 0.515. The van der Waals surface area contributed by atoms with Crippen LogP contribution in [0.15, 0.2) is 24.3 Å². The summed E-state index contributed by atoms with van der Waals surface area (Å²) in [5.41, 5.74) is 8.34. The summed E-state index contributed by atoms with van der Waals surface area (Å²) in [4.78, 5) is 19.7. The van der Waals surface area contributed by atoms with Crippen LogP contribution in [0.25, 0.3) is 10.9 Å². The Hall–Kier alpha value is -2.22. The van der Waals surface area contributed by atoms with Gasteiger partial charge in [-0.1, -0.05) is 11.6 Å². The molecule has 1 amide bonds. The van der Waals surface area contributed by atoms with Gasteiger partial charge in [-0.05, 0) is 44.9 Å². The molecular weight excluding hydrogens is 342 g/mol. The Kier molecular flexibility index (Phi) is 6.26. The minimum Gasteiger partial charge on any atom is -0.395 e. The first-order valence-electron chi connectivity index (χ1n) is 9.55. The van der Waals surface area contributed by atoms with Crippen LogP contribution in [0.3, 0.4) is 0 Å². The molecule has 1 aliphatic heterocycles. The molecule has 3 rings (SSSR count). The molecule has 146 valence electrons. The van der Waals surface area contributed by atoms with Crippen LogP contribution in [-0.2, 0) is 0 Å². The molecule has 5 N–H and O–H groups in total. The maximum absolute atomic E-state index is 12.8. The molecule has 7 nitrogen and oxygen atoms in total. The van der Waals surface area contributed by atoms with Gasteiger partial charge in [0.15, 0.2) is 0 Å². The third kappa shape index (κ3) is 4.74. The molecule has 1 atom stereocenters. The van der Waals surface area contributed by atoms with Gasteiger partial charge in [-0.25, -0.2) is 4.98 Å². The second-order valence-electron chi connectivity index (χ2n) is 7.26. The van der Waals surface area contributed by atoms with Crippen molar-refractivity contribution >= 4 is 22.6 Å². The van der Waals surface area contributed by atoms with Crippen molar-refractivity contribution in [1.82, 2.24) is 15.6 Å². The zero-order valence-corrected chi connectivity index (χ0v) is 16.0. The van der Waals surface area contributed by atoms with Crippen molar-refractivity contribution in [3.63, 3.8) is 0 Å². The number of carbonyl (C=O) groups is 1. The molecule has 1 aliphatic rings. The molecule has 1 unspecified atom stereocenters. The molecule has 1 aromatic heterocycles. The number of nitrogens with two attached hydrogens (primary N) is 1. The summed E-state index contributed by atoms with van der Waals surface area (Å²) < 4.78 is 0. The zero-order chi connectivity index (χ0) is 19.4. The van der Waals surface area contributed by atoms with Crippen LogP contribution in [0, 0.1) is 6.92 Å². The summed E-state index contributed by atoms with van der Waals surface area (Å²) in [5, 5.41) is 16.1. The molecule has 2 heterocycles. The van der Waals surface area contributed by atoms with Crippen LogP contribution in [0.4, 0.5) is 5.82 Å². The van der Waals surface area contributed by atoms with Crippen LogP contribution in [0.5, 0.6) is 0 Å². The Morgan fingerprint density at radius 1 is 1.37 bits per heavy atom. The topological polar surface area (TPSA) is 104 Å². The van der Waals surface area contributed by atoms with E-state index in [1.165, 1.54) is 0 Å². The van der Waals surface area contributed by atoms with Gasteiger partial charge in [-0.3, -0.25) is 4.79 Å². The van der Waals surface area contributed by atoms with Crippen LogP contribution in [0.2, 0.25) is 0 Å². The predicted octanol–water partition coefficient (Wildman–Crippen LogP) is 1.13. The van der Waals surface area contributed by atoms with Gasteiger partial charge >= 0.3 is 0 Å². The molecular formula is C20H29N5O2. The number of nitrogens with one attached hydrogen (secondary N) is 2. The monoisotopic (exact) mass is 371 g/mol. The van der Waals surface area contributed by atoms with Crippen molar-refractivity contribution in [2.24, 2.45) is 5.73 Å². The molecule has 0 aliphatic carbocycles. The normalized spacial score (nSPS) is 16.5. The van der Waals surface area contributed by atoms with E-state index < -0.39 is 6.17 Å². The lowest BCUT2D eigenvalue weighted by atomic mass is 10.0. The maximum atomic E-state index is 12.8. The number of aryl methyl sites for hydroxylation is 1. The Morgan fingerprint density at radius 3 is 2.78 bits per heavy atom. The van der Waals surface area contributed by atoms with E-state index in [1.807, 2.05) is 31.2 Å². The molecule has 0 spiro atoms. The highest BCUT2D eigenvalue weighted by molar-refractivity contribution is 6.02. The fourth-order valence-electron chi connectivity index (χ4n) is 3.54. The number of nitrogens with zero attached hydrogens (tertiary/aromatic N) is 2. The lowest BCUT2D eigenvalue weighted by molar-refractivity contribution is 0.0941. The molecule has 0 bridgehead atoms. The van der Waals surface area contributed by atoms with Crippen LogP contribution < -0.4 is 21.3 Å². The van der Waals surface area contributed by atoms with Gasteiger partial charge in [-0.15, -0.1) is 0 Å². The number of aromatic nitrogens is 1. The van der Waals surface area contributed by atoms with Gasteiger partial charge in [0.25, 0.3) is 5.91 Å². The van der Waals surface area contributed by atoms with Crippen LogP contribution in [0.1, 0.15) is 35.7 Å². The first-order valence-corrected chi connectivity index (χ1v) is 9.55. The Balaban J connectivity index is 1.90. The summed E-state index contributed by atoms with van der Waals surface area (Å²) in [7, 11) is 0. The summed E-state index contributed by atoms with van der Waals surface area (Å²) in [6.45, 7) is 6.15. The van der Waals surface area contributed by atoms with Crippen molar-refractivity contribution in [3.8, 4) is 0 Å². The lowest BCUT2D eigenvalue weighted by Gasteiger charge is -2.34. The number of pyridine rings is 1. The Bertz CT molecular complexity index is 800. The van der Waals surface area contributed by atoms with Crippen molar-refractivity contribution in [2.75, 3.05) is 31.1 Å². The number of hydrogen-bond donors (Lipinski definition) is 4. The fraction of sp³-hybridized carbons (Fsp3) is 0.500. The number of amides is 1. The molecule has 7 heteroatoms. The number of piperidine rings is 1. The van der Waals surface area contributed by atoms with Crippen molar-refractivity contribution in [2.45, 2.75) is 38.9 Å². The van der Waals surface area contributed by atoms with E-state index in [-0.39, 0.29) is 12.5 Å². The van der Waals surface area contributed by atoms with Crippen molar-refractivity contribution in [3.05, 3.63) is 35.4 Å². The van der Waals surface area contributed by atoms with E-state index >= 15 is 0 Å². The molecule has 0 radical (unpaired) electrons. The first kappa shape index (κ1) is 19.5. The van der Waals surface area contributed by atoms with E-state index in [0.29, 0.717) is 24.0 Å². The fourth-order valence-corrected chi connectivity index (χ4v) is 3.54. The Labute approximate surface area is 159 Å². The van der Waals surface area contributed by atoms with E-state index in [9.17, 15) is 4.79 Å². The molecule has 2 aromatic rings. The largest absolute Gasteiger partial charge is 0.395 e. The second kappa shape index (κ2) is 8.65. The number of anilines is 1. The molecule has 1 saturated heterocycles. The number of aliphatic hydroxyl groups is 1. The summed E-state index contributed by atoms with van der Waals surface area (Å²) >= 11 is 0. The van der Waals surface area contributed by atoms with Gasteiger partial charge < -0.3 is 26.4 Å². The second-order valence-corrected chi connectivity index (χ2v) is 7.26. The highest BCUT2D eigenvalue weighted by Gasteiger charge is 2.24. The third-order valence-corrected chi connectivity index (χ3v) is 4.89. The van der Waals surface area contributed by atoms with E-state index in [2.05, 4.69) is 15.5 Å². The van der Waals surface area contributed by atoms with Gasteiger partial charge in [0.2, 0.25) is 0 Å². The van der Waals surface area contributed by atoms with E-state index in [4.69, 9.17) is 15.8 Å². The highest BCUT2D eigenvalue weighted by Crippen LogP contribution is 2.27. The van der Waals surface area contributed by atoms with Crippen molar-refractivity contribution in [1.29, 1.82) is 0 Å². The smallest absolute Gasteiger partial charge is 0.256 e. The predicted molar refractivity (Wildman–Crippen MR) is 108 cm³/mol. The molecule has 1 aromatic carbocycles. The third-order valence-electron chi connectivity index (χ3n) is 4.89. The van der Waals surface area contributed by atoms with Gasteiger partial charge in [0.05, 0.1) is 23.9 Å². The Morgan fingerprint density at radius 2 is 2.11 bits per heavy atom. The standard InChI is InChI=1S/C20H29N5O2/c1-13-3-4-18-15(11-13)12-17(20(27)23-14(2)21)19(24-18)25-8-5-16(6-9-25)22-7-10-26/h3-4,11-12,14,16,22,26H,5-10,21H2,1-2H3,(H,23,27). The summed E-state index contributed by atoms with van der Waals surface area (Å²) in [6, 6.07) is 8.37. The van der Waals surface area contributed by atoms with Crippen molar-refractivity contribution < 1.29 is 9.90 Å². The van der Waals surface area contributed by atoms with Gasteiger partial charge in [-0.2, -0.15) is 0 Å². The van der Waals surface area contributed by atoms with Gasteiger partial charge in [0.1, 0.15) is 5.82 Å². The quantitative estimate of drug-likeness (QED) is 0.568. The first-order chi connectivity index (χ1) is 13.0. The van der Waals surface area contributed by atoms with Gasteiger partial charge in [0, 0.05) is 31.1 Å². The SMILES string of the molecule is Cc1ccc2nc(N3CCC(NCCO)CC3)c(C(=O)NC(C)N)cc2c1. The number of hydrogen-bond acceptors (Lipinski definition) is 6. The molecule has 1 fully saturated rings.